The molecule has 2 rings (SSSR count). The second kappa shape index (κ2) is 7.75. The third kappa shape index (κ3) is 4.97. The molecule has 1 aromatic heterocycles. The van der Waals surface area contributed by atoms with Gasteiger partial charge in [0.1, 0.15) is 18.4 Å². The summed E-state index contributed by atoms with van der Waals surface area (Å²) in [5.41, 5.74) is 5.06. The van der Waals surface area contributed by atoms with Crippen LogP contribution in [0.3, 0.4) is 0 Å². The molecule has 0 bridgehead atoms. The minimum Gasteiger partial charge on any atom is -0.479 e. The second-order valence-corrected chi connectivity index (χ2v) is 4.89. The Labute approximate surface area is 134 Å². The lowest BCUT2D eigenvalue weighted by Crippen LogP contribution is -2.24. The highest BCUT2D eigenvalue weighted by Gasteiger charge is 2.05. The maximum atomic E-state index is 11.8. The van der Waals surface area contributed by atoms with Gasteiger partial charge in [0.05, 0.1) is 11.9 Å². The van der Waals surface area contributed by atoms with Gasteiger partial charge in [-0.25, -0.2) is 5.43 Å². The Balaban J connectivity index is 1.85. The molecule has 0 aliphatic rings. The molecule has 23 heavy (non-hydrogen) atoms. The predicted octanol–water partition coefficient (Wildman–Crippen LogP) is 1.55. The molecule has 0 unspecified atom stereocenters. The average molecular weight is 311 g/mol. The van der Waals surface area contributed by atoms with Gasteiger partial charge in [-0.15, -0.1) is 0 Å². The molecule has 1 amide bonds. The Hall–Kier alpha value is -3.14. The zero-order valence-electron chi connectivity index (χ0n) is 13.0. The van der Waals surface area contributed by atoms with Crippen molar-refractivity contribution >= 4 is 12.1 Å². The standard InChI is InChI=1S/C16H17N5O2/c1-12-9-13(2)21(20-12)11-16(22)19-18-10-14-3-5-15(6-4-14)23-8-7-17/h3-6,9-10H,8,11H2,1-2H3,(H,19,22)/b18-10-. The first-order valence-electron chi connectivity index (χ1n) is 7.01. The van der Waals surface area contributed by atoms with Gasteiger partial charge in [-0.05, 0) is 49.7 Å². The minimum atomic E-state index is -0.249. The van der Waals surface area contributed by atoms with E-state index in [0.29, 0.717) is 5.75 Å². The fraction of sp³-hybridized carbons (Fsp3) is 0.250. The van der Waals surface area contributed by atoms with E-state index in [1.807, 2.05) is 26.0 Å². The molecule has 0 saturated heterocycles. The molecule has 0 atom stereocenters. The molecule has 0 aliphatic heterocycles. The van der Waals surface area contributed by atoms with Crippen LogP contribution in [-0.4, -0.2) is 28.5 Å². The molecular formula is C16H17N5O2. The molecule has 0 radical (unpaired) electrons. The molecule has 1 N–H and O–H groups in total. The second-order valence-electron chi connectivity index (χ2n) is 4.89. The van der Waals surface area contributed by atoms with Gasteiger partial charge >= 0.3 is 0 Å². The first-order chi connectivity index (χ1) is 11.1. The van der Waals surface area contributed by atoms with Gasteiger partial charge in [0.25, 0.3) is 5.91 Å². The lowest BCUT2D eigenvalue weighted by molar-refractivity contribution is -0.121. The molecule has 7 heteroatoms. The first-order valence-corrected chi connectivity index (χ1v) is 7.01. The van der Waals surface area contributed by atoms with E-state index in [0.717, 1.165) is 17.0 Å². The molecular weight excluding hydrogens is 294 g/mol. The largest absolute Gasteiger partial charge is 0.479 e. The summed E-state index contributed by atoms with van der Waals surface area (Å²) in [6.07, 6.45) is 1.53. The molecule has 0 aliphatic carbocycles. The fourth-order valence-electron chi connectivity index (χ4n) is 1.95. The van der Waals surface area contributed by atoms with Crippen molar-refractivity contribution in [3.63, 3.8) is 0 Å². The van der Waals surface area contributed by atoms with Gasteiger partial charge in [0.2, 0.25) is 0 Å². The van der Waals surface area contributed by atoms with Crippen LogP contribution in [0, 0.1) is 25.2 Å². The van der Waals surface area contributed by atoms with Crippen LogP contribution in [0.1, 0.15) is 17.0 Å². The van der Waals surface area contributed by atoms with Gasteiger partial charge in [-0.1, -0.05) is 0 Å². The summed E-state index contributed by atoms with van der Waals surface area (Å²) in [5, 5.41) is 16.6. The van der Waals surface area contributed by atoms with E-state index >= 15 is 0 Å². The number of ether oxygens (including phenoxy) is 1. The highest BCUT2D eigenvalue weighted by molar-refractivity contribution is 5.82. The molecule has 0 fully saturated rings. The van der Waals surface area contributed by atoms with E-state index in [-0.39, 0.29) is 19.1 Å². The number of amides is 1. The number of aromatic nitrogens is 2. The van der Waals surface area contributed by atoms with Crippen LogP contribution < -0.4 is 10.2 Å². The lowest BCUT2D eigenvalue weighted by Gasteiger charge is -2.03. The quantitative estimate of drug-likeness (QED) is 0.647. The average Bonchev–Trinajstić information content (AvgIpc) is 2.84. The number of nitriles is 1. The van der Waals surface area contributed by atoms with Crippen molar-refractivity contribution in [2.24, 2.45) is 5.10 Å². The van der Waals surface area contributed by atoms with E-state index in [2.05, 4.69) is 15.6 Å². The van der Waals surface area contributed by atoms with Crippen LogP contribution in [0.4, 0.5) is 0 Å². The Kier molecular flexibility index (Phi) is 5.47. The van der Waals surface area contributed by atoms with Crippen molar-refractivity contribution < 1.29 is 9.53 Å². The van der Waals surface area contributed by atoms with E-state index in [9.17, 15) is 4.79 Å². The number of aryl methyl sites for hydroxylation is 2. The van der Waals surface area contributed by atoms with Crippen LogP contribution in [0.5, 0.6) is 5.75 Å². The summed E-state index contributed by atoms with van der Waals surface area (Å²) < 4.78 is 6.77. The Morgan fingerprint density at radius 1 is 1.43 bits per heavy atom. The maximum absolute atomic E-state index is 11.8. The van der Waals surface area contributed by atoms with Crippen LogP contribution in [0.2, 0.25) is 0 Å². The number of benzene rings is 1. The van der Waals surface area contributed by atoms with Crippen LogP contribution in [0.25, 0.3) is 0 Å². The third-order valence-corrected chi connectivity index (χ3v) is 2.98. The molecule has 1 heterocycles. The van der Waals surface area contributed by atoms with Gasteiger partial charge in [-0.3, -0.25) is 9.48 Å². The van der Waals surface area contributed by atoms with Gasteiger partial charge in [0, 0.05) is 5.69 Å². The topological polar surface area (TPSA) is 92.3 Å². The van der Waals surface area contributed by atoms with E-state index in [1.54, 1.807) is 28.9 Å². The third-order valence-electron chi connectivity index (χ3n) is 2.98. The summed E-state index contributed by atoms with van der Waals surface area (Å²) in [6.45, 7) is 3.91. The van der Waals surface area contributed by atoms with Crippen LogP contribution >= 0.6 is 0 Å². The smallest absolute Gasteiger partial charge is 0.261 e. The molecule has 1 aromatic carbocycles. The summed E-state index contributed by atoms with van der Waals surface area (Å²) >= 11 is 0. The SMILES string of the molecule is Cc1cc(C)n(CC(=O)N/N=C\c2ccc(OCC#N)cc2)n1. The molecule has 118 valence electrons. The Morgan fingerprint density at radius 3 is 2.78 bits per heavy atom. The van der Waals surface area contributed by atoms with E-state index in [1.165, 1.54) is 6.21 Å². The van der Waals surface area contributed by atoms with Crippen molar-refractivity contribution in [2.75, 3.05) is 6.61 Å². The number of carbonyl (C=O) groups is 1. The molecule has 0 spiro atoms. The Morgan fingerprint density at radius 2 is 2.17 bits per heavy atom. The number of hydrogen-bond donors (Lipinski definition) is 1. The zero-order chi connectivity index (χ0) is 16.7. The first kappa shape index (κ1) is 16.2. The summed E-state index contributed by atoms with van der Waals surface area (Å²) in [6, 6.07) is 10.8. The fourth-order valence-corrected chi connectivity index (χ4v) is 1.95. The highest BCUT2D eigenvalue weighted by atomic mass is 16.5. The highest BCUT2D eigenvalue weighted by Crippen LogP contribution is 2.10. The maximum Gasteiger partial charge on any atom is 0.261 e. The zero-order valence-corrected chi connectivity index (χ0v) is 13.0. The summed E-state index contributed by atoms with van der Waals surface area (Å²) in [4.78, 5) is 11.8. The van der Waals surface area contributed by atoms with Gasteiger partial charge < -0.3 is 4.74 Å². The van der Waals surface area contributed by atoms with Crippen molar-refractivity contribution in [2.45, 2.75) is 20.4 Å². The number of rotatable bonds is 6. The normalized spacial score (nSPS) is 10.5. The molecule has 7 nitrogen and oxygen atoms in total. The monoisotopic (exact) mass is 311 g/mol. The summed E-state index contributed by atoms with van der Waals surface area (Å²) in [5.74, 6) is 0.360. The lowest BCUT2D eigenvalue weighted by atomic mass is 10.2. The number of hydrogen-bond acceptors (Lipinski definition) is 5. The van der Waals surface area contributed by atoms with Crippen molar-refractivity contribution in [3.05, 3.63) is 47.3 Å². The number of nitrogens with one attached hydrogen (secondary N) is 1. The number of carbonyl (C=O) groups excluding carboxylic acids is 1. The van der Waals surface area contributed by atoms with Gasteiger partial charge in [-0.2, -0.15) is 15.5 Å². The minimum absolute atomic E-state index is 0.00973. The number of hydrazone groups is 1. The number of nitrogens with zero attached hydrogens (tertiary/aromatic N) is 4. The van der Waals surface area contributed by atoms with E-state index in [4.69, 9.17) is 10.00 Å². The molecule has 0 saturated carbocycles. The van der Waals surface area contributed by atoms with E-state index < -0.39 is 0 Å². The van der Waals surface area contributed by atoms with Crippen LogP contribution in [0.15, 0.2) is 35.4 Å². The molecule has 2 aromatic rings. The van der Waals surface area contributed by atoms with Crippen molar-refractivity contribution in [1.29, 1.82) is 5.26 Å². The summed E-state index contributed by atoms with van der Waals surface area (Å²) in [7, 11) is 0. The van der Waals surface area contributed by atoms with Crippen molar-refractivity contribution in [1.82, 2.24) is 15.2 Å². The Bertz CT molecular complexity index is 741. The predicted molar refractivity (Wildman–Crippen MR) is 85.0 cm³/mol. The van der Waals surface area contributed by atoms with Crippen LogP contribution in [-0.2, 0) is 11.3 Å². The van der Waals surface area contributed by atoms with Crippen molar-refractivity contribution in [3.8, 4) is 11.8 Å². The van der Waals surface area contributed by atoms with Gasteiger partial charge in [0.15, 0.2) is 6.61 Å².